The highest BCUT2D eigenvalue weighted by Crippen LogP contribution is 2.34. The second-order valence-electron chi connectivity index (χ2n) is 4.30. The number of aliphatic hydroxyl groups excluding tert-OH is 1. The molecule has 0 aliphatic carbocycles. The van der Waals surface area contributed by atoms with Gasteiger partial charge in [-0.2, -0.15) is 13.2 Å². The number of nitrogens with two attached hydrogens (primary N) is 1. The van der Waals surface area contributed by atoms with Crippen molar-refractivity contribution in [3.8, 4) is 0 Å². The van der Waals surface area contributed by atoms with E-state index in [2.05, 4.69) is 12.2 Å². The van der Waals surface area contributed by atoms with Crippen LogP contribution in [0.3, 0.4) is 0 Å². The Hall–Kier alpha value is -1.34. The number of thiocarbonyl (C=S) groups is 1. The van der Waals surface area contributed by atoms with Crippen molar-refractivity contribution in [1.82, 2.24) is 0 Å². The molecule has 0 aliphatic rings. The van der Waals surface area contributed by atoms with Gasteiger partial charge in [-0.3, -0.25) is 0 Å². The van der Waals surface area contributed by atoms with Crippen molar-refractivity contribution < 1.29 is 18.3 Å². The summed E-state index contributed by atoms with van der Waals surface area (Å²) in [6, 6.07) is 3.84. The summed E-state index contributed by atoms with van der Waals surface area (Å²) in [6.45, 7) is 2.62. The van der Waals surface area contributed by atoms with E-state index in [1.165, 1.54) is 12.1 Å². The highest BCUT2D eigenvalue weighted by Gasteiger charge is 2.34. The summed E-state index contributed by atoms with van der Waals surface area (Å²) in [6.07, 6.45) is -3.76. The fourth-order valence-corrected chi connectivity index (χ4v) is 2.12. The van der Waals surface area contributed by atoms with E-state index < -0.39 is 11.7 Å². The lowest BCUT2D eigenvalue weighted by molar-refractivity contribution is -0.137. The van der Waals surface area contributed by atoms with Crippen LogP contribution in [0.2, 0.25) is 0 Å². The lowest BCUT2D eigenvalue weighted by atomic mass is 10.1. The average molecular weight is 306 g/mol. The molecule has 0 radical (unpaired) electrons. The van der Waals surface area contributed by atoms with Crippen LogP contribution in [0, 0.1) is 0 Å². The van der Waals surface area contributed by atoms with Crippen molar-refractivity contribution >= 4 is 22.9 Å². The number of halogens is 3. The van der Waals surface area contributed by atoms with Gasteiger partial charge in [-0.05, 0) is 24.6 Å². The van der Waals surface area contributed by atoms with Gasteiger partial charge in [-0.25, -0.2) is 0 Å². The summed E-state index contributed by atoms with van der Waals surface area (Å²) in [7, 11) is 0. The first-order valence-electron chi connectivity index (χ1n) is 6.18. The fraction of sp³-hybridized carbons (Fsp3) is 0.462. The quantitative estimate of drug-likeness (QED) is 0.793. The van der Waals surface area contributed by atoms with Crippen LogP contribution in [0.1, 0.15) is 24.5 Å². The summed E-state index contributed by atoms with van der Waals surface area (Å²) in [5.74, 6) is 0. The van der Waals surface area contributed by atoms with Crippen LogP contribution in [0.25, 0.3) is 0 Å². The van der Waals surface area contributed by atoms with Gasteiger partial charge in [0.25, 0.3) is 0 Å². The average Bonchev–Trinajstić information content (AvgIpc) is 2.36. The molecule has 20 heavy (non-hydrogen) atoms. The number of alkyl halides is 3. The lowest BCUT2D eigenvalue weighted by Crippen LogP contribution is -2.28. The molecular formula is C13H17F3N2OS. The zero-order chi connectivity index (χ0) is 15.3. The number of anilines is 1. The predicted octanol–water partition coefficient (Wildman–Crippen LogP) is 2.55. The van der Waals surface area contributed by atoms with Crippen LogP contribution in [0.4, 0.5) is 18.9 Å². The molecule has 3 N–H and O–H groups in total. The molecular weight excluding hydrogens is 289 g/mol. The second-order valence-corrected chi connectivity index (χ2v) is 4.74. The van der Waals surface area contributed by atoms with E-state index in [0.717, 1.165) is 12.5 Å². The number of nitrogens with zero attached hydrogens (tertiary/aromatic N) is 1. The molecule has 0 saturated carbocycles. The molecule has 1 aromatic carbocycles. The van der Waals surface area contributed by atoms with Gasteiger partial charge in [0.2, 0.25) is 0 Å². The third-order valence-electron chi connectivity index (χ3n) is 2.80. The molecule has 1 rings (SSSR count). The zero-order valence-electron chi connectivity index (χ0n) is 11.1. The molecule has 3 nitrogen and oxygen atoms in total. The first kappa shape index (κ1) is 16.7. The Morgan fingerprint density at radius 2 is 2.00 bits per heavy atom. The highest BCUT2D eigenvalue weighted by atomic mass is 32.1. The number of hydrogen-bond acceptors (Lipinski definition) is 3. The normalized spacial score (nSPS) is 11.4. The maximum atomic E-state index is 13.0. The first-order valence-corrected chi connectivity index (χ1v) is 6.59. The van der Waals surface area contributed by atoms with Crippen molar-refractivity contribution in [3.63, 3.8) is 0 Å². The Labute approximate surface area is 121 Å². The molecule has 7 heteroatoms. The van der Waals surface area contributed by atoms with E-state index in [-0.39, 0.29) is 23.7 Å². The Balaban J connectivity index is 3.27. The Morgan fingerprint density at radius 1 is 1.35 bits per heavy atom. The van der Waals surface area contributed by atoms with E-state index in [4.69, 9.17) is 10.8 Å². The molecule has 1 aromatic rings. The lowest BCUT2D eigenvalue weighted by Gasteiger charge is -2.25. The molecule has 0 heterocycles. The molecule has 0 unspecified atom stereocenters. The monoisotopic (exact) mass is 306 g/mol. The number of benzene rings is 1. The summed E-state index contributed by atoms with van der Waals surface area (Å²) in [5.41, 5.74) is 4.70. The second kappa shape index (κ2) is 6.90. The van der Waals surface area contributed by atoms with Gasteiger partial charge in [0.15, 0.2) is 0 Å². The van der Waals surface area contributed by atoms with Crippen LogP contribution in [-0.2, 0) is 6.18 Å². The summed E-state index contributed by atoms with van der Waals surface area (Å²) < 4.78 is 39.1. The van der Waals surface area contributed by atoms with Crippen LogP contribution >= 0.6 is 12.2 Å². The first-order chi connectivity index (χ1) is 9.31. The molecule has 0 spiro atoms. The standard InChI is InChI=1S/C13H17F3N2OS/c1-2-5-18(6-7-19)9-3-4-10(12(17)20)11(8-9)13(14,15)16/h3-4,8,19H,2,5-7H2,1H3,(H2,17,20). The van der Waals surface area contributed by atoms with E-state index in [9.17, 15) is 13.2 Å². The van der Waals surface area contributed by atoms with Crippen LogP contribution < -0.4 is 10.6 Å². The van der Waals surface area contributed by atoms with Crippen molar-refractivity contribution in [2.24, 2.45) is 5.73 Å². The minimum Gasteiger partial charge on any atom is -0.395 e. The zero-order valence-corrected chi connectivity index (χ0v) is 11.9. The van der Waals surface area contributed by atoms with Crippen LogP contribution in [-0.4, -0.2) is 29.8 Å². The van der Waals surface area contributed by atoms with Gasteiger partial charge >= 0.3 is 6.18 Å². The van der Waals surface area contributed by atoms with E-state index >= 15 is 0 Å². The fourth-order valence-electron chi connectivity index (χ4n) is 1.94. The summed E-state index contributed by atoms with van der Waals surface area (Å²) in [4.78, 5) is 1.41. The van der Waals surface area contributed by atoms with E-state index in [1.54, 1.807) is 4.90 Å². The maximum Gasteiger partial charge on any atom is 0.417 e. The van der Waals surface area contributed by atoms with Crippen molar-refractivity contribution in [1.29, 1.82) is 0 Å². The Bertz CT molecular complexity index is 471. The van der Waals surface area contributed by atoms with E-state index in [1.807, 2.05) is 6.92 Å². The maximum absolute atomic E-state index is 13.0. The van der Waals surface area contributed by atoms with Gasteiger partial charge in [0, 0.05) is 24.3 Å². The van der Waals surface area contributed by atoms with Crippen LogP contribution in [0.5, 0.6) is 0 Å². The minimum absolute atomic E-state index is 0.127. The van der Waals surface area contributed by atoms with E-state index in [0.29, 0.717) is 12.2 Å². The topological polar surface area (TPSA) is 49.5 Å². The third-order valence-corrected chi connectivity index (χ3v) is 3.02. The highest BCUT2D eigenvalue weighted by molar-refractivity contribution is 7.80. The SMILES string of the molecule is CCCN(CCO)c1ccc(C(N)=S)c(C(F)(F)F)c1. The molecule has 0 amide bonds. The Kier molecular flexibility index (Phi) is 5.76. The van der Waals surface area contributed by atoms with Crippen molar-refractivity contribution in [3.05, 3.63) is 29.3 Å². The van der Waals surface area contributed by atoms with Gasteiger partial charge in [0.1, 0.15) is 4.99 Å². The van der Waals surface area contributed by atoms with Gasteiger partial charge in [-0.1, -0.05) is 19.1 Å². The van der Waals surface area contributed by atoms with Crippen molar-refractivity contribution in [2.75, 3.05) is 24.6 Å². The smallest absolute Gasteiger partial charge is 0.395 e. The van der Waals surface area contributed by atoms with Crippen LogP contribution in [0.15, 0.2) is 18.2 Å². The predicted molar refractivity (Wildman–Crippen MR) is 76.9 cm³/mol. The summed E-state index contributed by atoms with van der Waals surface area (Å²) in [5, 5.41) is 8.99. The van der Waals surface area contributed by atoms with Gasteiger partial charge < -0.3 is 15.7 Å². The molecule has 112 valence electrons. The summed E-state index contributed by atoms with van der Waals surface area (Å²) >= 11 is 4.65. The molecule has 0 saturated heterocycles. The third kappa shape index (κ3) is 4.08. The largest absolute Gasteiger partial charge is 0.417 e. The molecule has 0 aliphatic heterocycles. The van der Waals surface area contributed by atoms with Crippen molar-refractivity contribution in [2.45, 2.75) is 19.5 Å². The number of hydrogen-bond donors (Lipinski definition) is 2. The minimum atomic E-state index is -4.52. The number of rotatable bonds is 6. The molecule has 0 fully saturated rings. The number of aliphatic hydroxyl groups is 1. The van der Waals surface area contributed by atoms with Gasteiger partial charge in [-0.15, -0.1) is 0 Å². The Morgan fingerprint density at radius 3 is 2.45 bits per heavy atom. The molecule has 0 atom stereocenters. The molecule has 0 aromatic heterocycles. The van der Waals surface area contributed by atoms with Gasteiger partial charge in [0.05, 0.1) is 12.2 Å². The molecule has 0 bridgehead atoms.